The van der Waals surface area contributed by atoms with Crippen molar-refractivity contribution in [2.75, 3.05) is 10.6 Å². The molecule has 1 aromatic heterocycles. The fraction of sp³-hybridized carbons (Fsp3) is 0.800. The van der Waals surface area contributed by atoms with E-state index in [0.717, 1.165) is 38.5 Å². The second-order valence-electron chi connectivity index (χ2n) is 16.0. The maximum atomic E-state index is 13.7. The molecule has 0 aromatic carbocycles. The predicted molar refractivity (Wildman–Crippen MR) is 139 cm³/mol. The molecule has 6 heteroatoms. The van der Waals surface area contributed by atoms with E-state index >= 15 is 0 Å². The van der Waals surface area contributed by atoms with Crippen LogP contribution in [0.2, 0.25) is 0 Å². The maximum Gasteiger partial charge on any atom is 0.231 e. The lowest BCUT2D eigenvalue weighted by atomic mass is 9.40. The Hall–Kier alpha value is -1.98. The number of hydrogen-bond acceptors (Lipinski definition) is 4. The van der Waals surface area contributed by atoms with Crippen molar-refractivity contribution in [3.05, 3.63) is 12.4 Å². The molecule has 0 radical (unpaired) electrons. The van der Waals surface area contributed by atoms with Gasteiger partial charge in [-0.15, -0.1) is 0 Å². The van der Waals surface area contributed by atoms with Gasteiger partial charge in [0.1, 0.15) is 18.0 Å². The molecule has 6 nitrogen and oxygen atoms in total. The normalized spacial score (nSPS) is 49.8. The van der Waals surface area contributed by atoms with E-state index < -0.39 is 0 Å². The van der Waals surface area contributed by atoms with Crippen LogP contribution >= 0.6 is 0 Å². The predicted octanol–water partition coefficient (Wildman–Crippen LogP) is 6.35. The van der Waals surface area contributed by atoms with Gasteiger partial charge in [-0.1, -0.05) is 27.7 Å². The topological polar surface area (TPSA) is 84.0 Å². The van der Waals surface area contributed by atoms with E-state index in [-0.39, 0.29) is 44.3 Å². The standard InChI is InChI=1S/C30H42N4O2/c1-25-6-19-7-26(2,12-25)15-29(10-19,14-25)23(35)33-21-5-22(32-18-31-21)34-24(36)30-11-20-8-27(3,16-30)13-28(4,9-20)17-30/h5,18-20H,6-17H2,1-4H3,(H2,31,32,33,34,35,36). The van der Waals surface area contributed by atoms with Crippen molar-refractivity contribution in [3.63, 3.8) is 0 Å². The monoisotopic (exact) mass is 490 g/mol. The summed E-state index contributed by atoms with van der Waals surface area (Å²) in [7, 11) is 0. The molecule has 1 heterocycles. The first-order chi connectivity index (χ1) is 16.8. The molecule has 1 aromatic rings. The van der Waals surface area contributed by atoms with Crippen LogP contribution in [0, 0.1) is 44.3 Å². The fourth-order valence-corrected chi connectivity index (χ4v) is 12.4. The molecule has 4 atom stereocenters. The van der Waals surface area contributed by atoms with Crippen molar-refractivity contribution in [1.82, 2.24) is 9.97 Å². The lowest BCUT2D eigenvalue weighted by Gasteiger charge is -2.64. The molecule has 8 aliphatic rings. The molecule has 4 unspecified atom stereocenters. The maximum absolute atomic E-state index is 13.7. The van der Waals surface area contributed by atoms with Crippen molar-refractivity contribution < 1.29 is 9.59 Å². The van der Waals surface area contributed by atoms with E-state index in [1.54, 1.807) is 6.07 Å². The molecule has 194 valence electrons. The number of carbonyl (C=O) groups is 2. The van der Waals surface area contributed by atoms with Crippen molar-refractivity contribution in [2.45, 2.75) is 105 Å². The third kappa shape index (κ3) is 3.49. The molecule has 8 bridgehead atoms. The van der Waals surface area contributed by atoms with Gasteiger partial charge in [-0.05, 0) is 111 Å². The van der Waals surface area contributed by atoms with Crippen molar-refractivity contribution >= 4 is 23.5 Å². The fourth-order valence-electron chi connectivity index (χ4n) is 12.4. The highest BCUT2D eigenvalue weighted by atomic mass is 16.2. The summed E-state index contributed by atoms with van der Waals surface area (Å²) < 4.78 is 0. The molecular formula is C30H42N4O2. The zero-order valence-electron chi connectivity index (χ0n) is 22.5. The molecule has 0 saturated heterocycles. The summed E-state index contributed by atoms with van der Waals surface area (Å²) in [6.45, 7) is 9.56. The van der Waals surface area contributed by atoms with Gasteiger partial charge in [-0.2, -0.15) is 0 Å². The van der Waals surface area contributed by atoms with Crippen LogP contribution in [-0.2, 0) is 9.59 Å². The number of anilines is 2. The van der Waals surface area contributed by atoms with Crippen molar-refractivity contribution in [1.29, 1.82) is 0 Å². The Labute approximate surface area is 215 Å². The number of hydrogen-bond donors (Lipinski definition) is 2. The molecule has 36 heavy (non-hydrogen) atoms. The van der Waals surface area contributed by atoms with E-state index in [1.165, 1.54) is 44.9 Å². The van der Waals surface area contributed by atoms with Gasteiger partial charge in [0.05, 0.1) is 10.8 Å². The largest absolute Gasteiger partial charge is 0.310 e. The Bertz CT molecular complexity index is 1040. The van der Waals surface area contributed by atoms with Gasteiger partial charge in [0, 0.05) is 6.07 Å². The van der Waals surface area contributed by atoms with E-state index in [9.17, 15) is 9.59 Å². The van der Waals surface area contributed by atoms with Crippen LogP contribution in [0.15, 0.2) is 12.4 Å². The minimum Gasteiger partial charge on any atom is -0.310 e. The van der Waals surface area contributed by atoms with Crippen LogP contribution in [0.4, 0.5) is 11.6 Å². The molecule has 2 amide bonds. The third-order valence-electron chi connectivity index (χ3n) is 11.4. The number of nitrogens with one attached hydrogen (secondary N) is 2. The van der Waals surface area contributed by atoms with E-state index in [1.807, 2.05) is 0 Å². The Morgan fingerprint density at radius 2 is 1.00 bits per heavy atom. The van der Waals surface area contributed by atoms with Crippen molar-refractivity contribution in [3.8, 4) is 0 Å². The summed E-state index contributed by atoms with van der Waals surface area (Å²) in [6, 6.07) is 1.75. The Morgan fingerprint density at radius 3 is 1.33 bits per heavy atom. The van der Waals surface area contributed by atoms with Gasteiger partial charge < -0.3 is 10.6 Å². The lowest BCUT2D eigenvalue weighted by molar-refractivity contribution is -0.165. The molecule has 8 saturated carbocycles. The summed E-state index contributed by atoms with van der Waals surface area (Å²) in [5.74, 6) is 2.54. The highest BCUT2D eigenvalue weighted by Gasteiger charge is 2.64. The van der Waals surface area contributed by atoms with Crippen LogP contribution in [0.1, 0.15) is 105 Å². The number of nitrogens with zero attached hydrogens (tertiary/aromatic N) is 2. The van der Waals surface area contributed by atoms with Gasteiger partial charge in [-0.25, -0.2) is 9.97 Å². The second kappa shape index (κ2) is 6.91. The lowest BCUT2D eigenvalue weighted by Crippen LogP contribution is -2.58. The Kier molecular flexibility index (Phi) is 4.44. The van der Waals surface area contributed by atoms with Gasteiger partial charge >= 0.3 is 0 Å². The van der Waals surface area contributed by atoms with Gasteiger partial charge in [0.2, 0.25) is 11.8 Å². The Morgan fingerprint density at radius 1 is 0.639 bits per heavy atom. The number of rotatable bonds is 4. The molecule has 0 aliphatic heterocycles. The second-order valence-corrected chi connectivity index (χ2v) is 16.0. The first-order valence-corrected chi connectivity index (χ1v) is 14.3. The number of carbonyl (C=O) groups excluding carboxylic acids is 2. The summed E-state index contributed by atoms with van der Waals surface area (Å²) in [5, 5.41) is 6.31. The van der Waals surface area contributed by atoms with Crippen LogP contribution in [0.5, 0.6) is 0 Å². The van der Waals surface area contributed by atoms with E-state index in [0.29, 0.717) is 23.5 Å². The van der Waals surface area contributed by atoms with Gasteiger partial charge in [0.15, 0.2) is 0 Å². The minimum absolute atomic E-state index is 0.113. The highest BCUT2D eigenvalue weighted by molar-refractivity contribution is 5.97. The van der Waals surface area contributed by atoms with Crippen LogP contribution in [0.3, 0.4) is 0 Å². The minimum atomic E-state index is -0.290. The molecule has 0 spiro atoms. The van der Waals surface area contributed by atoms with Crippen LogP contribution in [-0.4, -0.2) is 21.8 Å². The van der Waals surface area contributed by atoms with Gasteiger partial charge in [0.25, 0.3) is 0 Å². The smallest absolute Gasteiger partial charge is 0.231 e. The third-order valence-corrected chi connectivity index (χ3v) is 11.4. The zero-order chi connectivity index (χ0) is 25.2. The highest BCUT2D eigenvalue weighted by Crippen LogP contribution is 2.71. The molecule has 2 N–H and O–H groups in total. The van der Waals surface area contributed by atoms with E-state index in [4.69, 9.17) is 0 Å². The first-order valence-electron chi connectivity index (χ1n) is 14.3. The molecular weight excluding hydrogens is 448 g/mol. The number of amides is 2. The van der Waals surface area contributed by atoms with Crippen molar-refractivity contribution in [2.24, 2.45) is 44.3 Å². The average Bonchev–Trinajstić information content (AvgIpc) is 2.68. The Balaban J connectivity index is 1.09. The van der Waals surface area contributed by atoms with Crippen LogP contribution < -0.4 is 10.6 Å². The molecule has 9 rings (SSSR count). The average molecular weight is 491 g/mol. The molecule has 8 aliphatic carbocycles. The quantitative estimate of drug-likeness (QED) is 0.515. The molecule has 8 fully saturated rings. The van der Waals surface area contributed by atoms with Crippen LogP contribution in [0.25, 0.3) is 0 Å². The number of aromatic nitrogens is 2. The van der Waals surface area contributed by atoms with E-state index in [2.05, 4.69) is 48.3 Å². The summed E-state index contributed by atoms with van der Waals surface area (Å²) in [5.41, 5.74) is 0.536. The zero-order valence-corrected chi connectivity index (χ0v) is 22.5. The summed E-state index contributed by atoms with van der Waals surface area (Å²) in [4.78, 5) is 36.2. The SMILES string of the molecule is CC12CC3CC(C)(C1)CC(C(=O)Nc1cc(NC(=O)C45CC6CC(C)(CC(C)(C6)C4)C5)ncn1)(C3)C2. The van der Waals surface area contributed by atoms with Gasteiger partial charge in [-0.3, -0.25) is 9.59 Å². The first kappa shape index (κ1) is 23.2. The summed E-state index contributed by atoms with van der Waals surface area (Å²) in [6.07, 6.45) is 14.9. The summed E-state index contributed by atoms with van der Waals surface area (Å²) >= 11 is 0.